The van der Waals surface area contributed by atoms with Crippen molar-refractivity contribution in [1.82, 2.24) is 14.3 Å². The third kappa shape index (κ3) is 6.06. The third-order valence-corrected chi connectivity index (χ3v) is 9.28. The van der Waals surface area contributed by atoms with Crippen LogP contribution in [0.1, 0.15) is 30.1 Å². The SMILES string of the molecule is COc1nccnc1NS(=O)(=O)c1ccc(NC(=O)c2ccc(S(=O)(=O)N3CCC(C)CC3)cc2)cc1. The molecular formula is C24H27N5O6S2. The molecule has 1 aliphatic rings. The molecule has 4 rings (SSSR count). The molecule has 196 valence electrons. The summed E-state index contributed by atoms with van der Waals surface area (Å²) in [5.74, 6) is 0.0143. The maximum absolute atomic E-state index is 12.9. The summed E-state index contributed by atoms with van der Waals surface area (Å²) < 4.78 is 60.0. The number of amides is 1. The molecule has 37 heavy (non-hydrogen) atoms. The predicted molar refractivity (Wildman–Crippen MR) is 137 cm³/mol. The molecule has 2 heterocycles. The van der Waals surface area contributed by atoms with Crippen molar-refractivity contribution in [1.29, 1.82) is 0 Å². The number of anilines is 2. The van der Waals surface area contributed by atoms with Gasteiger partial charge in [0, 0.05) is 36.7 Å². The van der Waals surface area contributed by atoms with Crippen LogP contribution >= 0.6 is 0 Å². The fourth-order valence-electron chi connectivity index (χ4n) is 3.80. The van der Waals surface area contributed by atoms with Crippen molar-refractivity contribution in [3.8, 4) is 5.88 Å². The van der Waals surface area contributed by atoms with Crippen molar-refractivity contribution >= 4 is 37.5 Å². The van der Waals surface area contributed by atoms with Gasteiger partial charge in [0.2, 0.25) is 15.8 Å². The molecule has 0 bridgehead atoms. The fourth-order valence-corrected chi connectivity index (χ4v) is 6.28. The highest BCUT2D eigenvalue weighted by Crippen LogP contribution is 2.25. The van der Waals surface area contributed by atoms with E-state index < -0.39 is 26.0 Å². The van der Waals surface area contributed by atoms with E-state index in [-0.39, 0.29) is 27.1 Å². The molecule has 2 N–H and O–H groups in total. The zero-order chi connectivity index (χ0) is 26.6. The molecule has 1 fully saturated rings. The molecule has 2 aromatic carbocycles. The van der Waals surface area contributed by atoms with Gasteiger partial charge in [-0.05, 0) is 67.3 Å². The number of hydrogen-bond acceptors (Lipinski definition) is 8. The number of benzene rings is 2. The number of carbonyl (C=O) groups is 1. The van der Waals surface area contributed by atoms with E-state index in [9.17, 15) is 21.6 Å². The zero-order valence-electron chi connectivity index (χ0n) is 20.3. The average Bonchev–Trinajstić information content (AvgIpc) is 2.89. The molecule has 3 aromatic rings. The molecule has 13 heteroatoms. The van der Waals surface area contributed by atoms with Crippen LogP contribution in [0.4, 0.5) is 11.5 Å². The molecule has 0 unspecified atom stereocenters. The average molecular weight is 546 g/mol. The number of ether oxygens (including phenoxy) is 1. The Labute approximate surface area is 216 Å². The van der Waals surface area contributed by atoms with Gasteiger partial charge in [0.25, 0.3) is 21.8 Å². The van der Waals surface area contributed by atoms with Gasteiger partial charge in [0.1, 0.15) is 0 Å². The van der Waals surface area contributed by atoms with Crippen LogP contribution in [0.3, 0.4) is 0 Å². The number of aromatic nitrogens is 2. The second kappa shape index (κ2) is 10.8. The molecule has 11 nitrogen and oxygen atoms in total. The molecule has 0 spiro atoms. The number of rotatable bonds is 8. The van der Waals surface area contributed by atoms with E-state index in [1.807, 2.05) is 0 Å². The van der Waals surface area contributed by atoms with E-state index in [2.05, 4.69) is 26.9 Å². The van der Waals surface area contributed by atoms with E-state index in [1.54, 1.807) is 0 Å². The molecular weight excluding hydrogens is 518 g/mol. The second-order valence-electron chi connectivity index (χ2n) is 8.61. The highest BCUT2D eigenvalue weighted by molar-refractivity contribution is 7.92. The summed E-state index contributed by atoms with van der Waals surface area (Å²) in [7, 11) is -6.24. The van der Waals surface area contributed by atoms with Gasteiger partial charge in [0.15, 0.2) is 0 Å². The molecule has 0 atom stereocenters. The quantitative estimate of drug-likeness (QED) is 0.439. The highest BCUT2D eigenvalue weighted by Gasteiger charge is 2.28. The minimum Gasteiger partial charge on any atom is -0.478 e. The first kappa shape index (κ1) is 26.5. The van der Waals surface area contributed by atoms with Gasteiger partial charge in [0.05, 0.1) is 16.9 Å². The smallest absolute Gasteiger partial charge is 0.263 e. The van der Waals surface area contributed by atoms with Gasteiger partial charge in [-0.25, -0.2) is 26.8 Å². The Bertz CT molecular complexity index is 1470. The van der Waals surface area contributed by atoms with Crippen molar-refractivity contribution in [3.05, 3.63) is 66.5 Å². The number of sulfonamides is 2. The van der Waals surface area contributed by atoms with Crippen LogP contribution in [0, 0.1) is 5.92 Å². The summed E-state index contributed by atoms with van der Waals surface area (Å²) in [5, 5.41) is 2.67. The number of nitrogens with one attached hydrogen (secondary N) is 2. The van der Waals surface area contributed by atoms with E-state index in [0.29, 0.717) is 24.7 Å². The summed E-state index contributed by atoms with van der Waals surface area (Å²) in [6, 6.07) is 11.3. The topological polar surface area (TPSA) is 148 Å². The minimum absolute atomic E-state index is 0.0271. The molecule has 1 aromatic heterocycles. The Kier molecular flexibility index (Phi) is 7.76. The van der Waals surface area contributed by atoms with Crippen LogP contribution in [-0.2, 0) is 20.0 Å². The van der Waals surface area contributed by atoms with Crippen molar-refractivity contribution in [2.45, 2.75) is 29.6 Å². The van der Waals surface area contributed by atoms with Gasteiger partial charge in [-0.15, -0.1) is 0 Å². The third-order valence-electron chi connectivity index (χ3n) is 6.01. The van der Waals surface area contributed by atoms with Crippen LogP contribution in [-0.4, -0.2) is 57.2 Å². The summed E-state index contributed by atoms with van der Waals surface area (Å²) in [5.41, 5.74) is 0.625. The number of nitrogens with zero attached hydrogens (tertiary/aromatic N) is 3. The molecule has 0 saturated carbocycles. The lowest BCUT2D eigenvalue weighted by atomic mass is 10.0. The Morgan fingerprint density at radius 1 is 0.919 bits per heavy atom. The standard InChI is InChI=1S/C24H27N5O6S2/c1-17-11-15-29(16-12-17)37(33,34)21-7-3-18(4-8-21)23(30)27-19-5-9-20(10-6-19)36(31,32)28-22-24(35-2)26-14-13-25-22/h3-10,13-14,17H,11-12,15-16H2,1-2H3,(H,25,28)(H,27,30). The Hall–Kier alpha value is -3.55. The normalized spacial score (nSPS) is 15.2. The number of methoxy groups -OCH3 is 1. The van der Waals surface area contributed by atoms with Crippen molar-refractivity contribution in [2.24, 2.45) is 5.92 Å². The van der Waals surface area contributed by atoms with Crippen LogP contribution in [0.5, 0.6) is 5.88 Å². The lowest BCUT2D eigenvalue weighted by Crippen LogP contribution is -2.37. The first-order chi connectivity index (χ1) is 17.6. The Morgan fingerprint density at radius 3 is 2.14 bits per heavy atom. The molecule has 1 amide bonds. The summed E-state index contributed by atoms with van der Waals surface area (Å²) in [6.07, 6.45) is 4.35. The van der Waals surface area contributed by atoms with Gasteiger partial charge < -0.3 is 10.1 Å². The largest absolute Gasteiger partial charge is 0.478 e. The number of piperidine rings is 1. The number of hydrogen-bond donors (Lipinski definition) is 2. The van der Waals surface area contributed by atoms with Gasteiger partial charge >= 0.3 is 0 Å². The molecule has 0 aliphatic carbocycles. The summed E-state index contributed by atoms with van der Waals surface area (Å²) >= 11 is 0. The van der Waals surface area contributed by atoms with Crippen LogP contribution in [0.25, 0.3) is 0 Å². The Morgan fingerprint density at radius 2 is 1.51 bits per heavy atom. The number of carbonyl (C=O) groups excluding carboxylic acids is 1. The first-order valence-corrected chi connectivity index (χ1v) is 14.4. The van der Waals surface area contributed by atoms with E-state index >= 15 is 0 Å². The van der Waals surface area contributed by atoms with Crippen LogP contribution < -0.4 is 14.8 Å². The maximum atomic E-state index is 12.9. The highest BCUT2D eigenvalue weighted by atomic mass is 32.2. The predicted octanol–water partition coefficient (Wildman–Crippen LogP) is 2.96. The van der Waals surface area contributed by atoms with Gasteiger partial charge in [-0.1, -0.05) is 6.92 Å². The maximum Gasteiger partial charge on any atom is 0.263 e. The molecule has 1 aliphatic heterocycles. The zero-order valence-corrected chi connectivity index (χ0v) is 21.9. The minimum atomic E-state index is -3.98. The van der Waals surface area contributed by atoms with Crippen molar-refractivity contribution in [2.75, 3.05) is 30.2 Å². The van der Waals surface area contributed by atoms with Gasteiger partial charge in [-0.3, -0.25) is 9.52 Å². The molecule has 1 saturated heterocycles. The van der Waals surface area contributed by atoms with Crippen molar-refractivity contribution < 1.29 is 26.4 Å². The van der Waals surface area contributed by atoms with Crippen LogP contribution in [0.2, 0.25) is 0 Å². The summed E-state index contributed by atoms with van der Waals surface area (Å²) in [4.78, 5) is 20.6. The van der Waals surface area contributed by atoms with Crippen LogP contribution in [0.15, 0.2) is 70.7 Å². The van der Waals surface area contributed by atoms with E-state index in [0.717, 1.165) is 12.8 Å². The van der Waals surface area contributed by atoms with Gasteiger partial charge in [-0.2, -0.15) is 4.31 Å². The van der Waals surface area contributed by atoms with E-state index in [1.165, 1.54) is 72.3 Å². The summed E-state index contributed by atoms with van der Waals surface area (Å²) in [6.45, 7) is 3.08. The lowest BCUT2D eigenvalue weighted by Gasteiger charge is -2.29. The first-order valence-electron chi connectivity index (χ1n) is 11.5. The Balaban J connectivity index is 1.41. The molecule has 0 radical (unpaired) electrons. The van der Waals surface area contributed by atoms with Crippen molar-refractivity contribution in [3.63, 3.8) is 0 Å². The second-order valence-corrected chi connectivity index (χ2v) is 12.2. The van der Waals surface area contributed by atoms with E-state index in [4.69, 9.17) is 4.74 Å². The fraction of sp³-hybridized carbons (Fsp3) is 0.292. The lowest BCUT2D eigenvalue weighted by molar-refractivity contribution is 0.102. The monoisotopic (exact) mass is 545 g/mol.